The highest BCUT2D eigenvalue weighted by atomic mass is 16.6. The van der Waals surface area contributed by atoms with Crippen LogP contribution in [0.4, 0.5) is 5.69 Å². The number of benzene rings is 1. The van der Waals surface area contributed by atoms with E-state index in [2.05, 4.69) is 4.99 Å². The fourth-order valence-electron chi connectivity index (χ4n) is 1.13. The number of nitro benzene ring substituents is 1. The molecule has 0 aliphatic rings. The third-order valence-corrected chi connectivity index (χ3v) is 1.94. The minimum atomic E-state index is -0.440. The lowest BCUT2D eigenvalue weighted by atomic mass is 10.1. The number of nitro groups is 1. The van der Waals surface area contributed by atoms with Crippen molar-refractivity contribution in [3.63, 3.8) is 0 Å². The van der Waals surface area contributed by atoms with E-state index in [1.807, 2.05) is 0 Å². The number of rotatable bonds is 4. The molecule has 0 unspecified atom stereocenters. The molecule has 1 rings (SSSR count). The van der Waals surface area contributed by atoms with Crippen molar-refractivity contribution in [3.05, 3.63) is 39.9 Å². The molecule has 1 aromatic rings. The van der Waals surface area contributed by atoms with Crippen molar-refractivity contribution < 1.29 is 10.0 Å². The number of hydrogen-bond donors (Lipinski definition) is 1. The van der Waals surface area contributed by atoms with Crippen LogP contribution in [0.25, 0.3) is 0 Å². The lowest BCUT2D eigenvalue weighted by Gasteiger charge is -1.99. The summed E-state index contributed by atoms with van der Waals surface area (Å²) in [5.41, 5.74) is 1.65. The minimum absolute atomic E-state index is 0.00429. The van der Waals surface area contributed by atoms with Gasteiger partial charge in [-0.2, -0.15) is 0 Å². The van der Waals surface area contributed by atoms with Crippen molar-refractivity contribution in [2.24, 2.45) is 4.99 Å². The molecule has 5 nitrogen and oxygen atoms in total. The normalized spacial score (nSPS) is 11.5. The Labute approximate surface area is 87.2 Å². The van der Waals surface area contributed by atoms with Crippen molar-refractivity contribution >= 4 is 11.4 Å². The van der Waals surface area contributed by atoms with E-state index < -0.39 is 4.92 Å². The second kappa shape index (κ2) is 5.21. The van der Waals surface area contributed by atoms with Crippen LogP contribution in [0.1, 0.15) is 12.5 Å². The van der Waals surface area contributed by atoms with Crippen LogP contribution < -0.4 is 0 Å². The van der Waals surface area contributed by atoms with Gasteiger partial charge < -0.3 is 5.11 Å². The predicted octanol–water partition coefficient (Wildman–Crippen LogP) is 1.40. The monoisotopic (exact) mass is 208 g/mol. The Morgan fingerprint density at radius 3 is 2.53 bits per heavy atom. The van der Waals surface area contributed by atoms with Gasteiger partial charge >= 0.3 is 0 Å². The van der Waals surface area contributed by atoms with Crippen molar-refractivity contribution in [1.82, 2.24) is 0 Å². The van der Waals surface area contributed by atoms with Crippen LogP contribution in [0.5, 0.6) is 0 Å². The van der Waals surface area contributed by atoms with E-state index in [4.69, 9.17) is 5.11 Å². The van der Waals surface area contributed by atoms with E-state index in [9.17, 15) is 10.1 Å². The van der Waals surface area contributed by atoms with Gasteiger partial charge in [0.2, 0.25) is 0 Å². The van der Waals surface area contributed by atoms with Gasteiger partial charge in [-0.15, -0.1) is 0 Å². The number of aliphatic hydroxyl groups excluding tert-OH is 1. The van der Waals surface area contributed by atoms with Crippen molar-refractivity contribution in [3.8, 4) is 0 Å². The van der Waals surface area contributed by atoms with Crippen LogP contribution in [-0.4, -0.2) is 28.9 Å². The summed E-state index contributed by atoms with van der Waals surface area (Å²) in [5.74, 6) is 0. The van der Waals surface area contributed by atoms with Gasteiger partial charge in [-0.3, -0.25) is 15.1 Å². The summed E-state index contributed by atoms with van der Waals surface area (Å²) in [6.07, 6.45) is 0. The molecule has 1 aromatic carbocycles. The second-order valence-electron chi connectivity index (χ2n) is 2.99. The van der Waals surface area contributed by atoms with E-state index in [0.29, 0.717) is 6.54 Å². The Kier molecular flexibility index (Phi) is 3.93. The van der Waals surface area contributed by atoms with Gasteiger partial charge in [-0.1, -0.05) is 0 Å². The quantitative estimate of drug-likeness (QED) is 0.461. The van der Waals surface area contributed by atoms with E-state index in [1.54, 1.807) is 19.1 Å². The lowest BCUT2D eigenvalue weighted by molar-refractivity contribution is -0.384. The van der Waals surface area contributed by atoms with Crippen LogP contribution in [-0.2, 0) is 0 Å². The first kappa shape index (κ1) is 11.3. The molecule has 0 heterocycles. The number of aliphatic imine (C=N–C) groups is 1. The molecule has 0 amide bonds. The number of non-ortho nitro benzene ring substituents is 1. The molecule has 0 bridgehead atoms. The second-order valence-corrected chi connectivity index (χ2v) is 2.99. The standard InChI is InChI=1S/C10H12N2O3/c1-8(11-6-7-13)9-2-4-10(5-3-9)12(14)15/h2-5,13H,6-7H2,1H3/b11-8+. The molecule has 1 N–H and O–H groups in total. The highest BCUT2D eigenvalue weighted by Gasteiger charge is 2.04. The summed E-state index contributed by atoms with van der Waals surface area (Å²) in [4.78, 5) is 14.0. The van der Waals surface area contributed by atoms with Crippen molar-refractivity contribution in [2.45, 2.75) is 6.92 Å². The van der Waals surface area contributed by atoms with Gasteiger partial charge in [0.15, 0.2) is 0 Å². The van der Waals surface area contributed by atoms with E-state index in [0.717, 1.165) is 11.3 Å². The molecular formula is C10H12N2O3. The Bertz CT molecular complexity index is 371. The molecule has 80 valence electrons. The van der Waals surface area contributed by atoms with Gasteiger partial charge in [0.1, 0.15) is 0 Å². The molecule has 0 aromatic heterocycles. The zero-order valence-electron chi connectivity index (χ0n) is 8.38. The number of hydrogen-bond acceptors (Lipinski definition) is 4. The minimum Gasteiger partial charge on any atom is -0.394 e. The van der Waals surface area contributed by atoms with E-state index in [-0.39, 0.29) is 12.3 Å². The SMILES string of the molecule is C/C(=N\CCO)c1ccc([N+](=O)[O-])cc1. The molecule has 15 heavy (non-hydrogen) atoms. The molecule has 0 fully saturated rings. The van der Waals surface area contributed by atoms with Crippen LogP contribution in [0.2, 0.25) is 0 Å². The first-order valence-electron chi connectivity index (χ1n) is 4.52. The summed E-state index contributed by atoms with van der Waals surface area (Å²) in [7, 11) is 0. The average Bonchev–Trinajstić information content (AvgIpc) is 2.26. The summed E-state index contributed by atoms with van der Waals surface area (Å²) in [5, 5.41) is 19.0. The van der Waals surface area contributed by atoms with Crippen molar-refractivity contribution in [2.75, 3.05) is 13.2 Å². The number of aliphatic hydroxyl groups is 1. The molecule has 0 radical (unpaired) electrons. The Hall–Kier alpha value is -1.75. The van der Waals surface area contributed by atoms with Gasteiger partial charge in [0.25, 0.3) is 5.69 Å². The maximum atomic E-state index is 10.4. The molecule has 0 spiro atoms. The van der Waals surface area contributed by atoms with Crippen LogP contribution in [0.15, 0.2) is 29.3 Å². The van der Waals surface area contributed by atoms with Crippen LogP contribution in [0.3, 0.4) is 0 Å². The predicted molar refractivity (Wildman–Crippen MR) is 57.3 cm³/mol. The van der Waals surface area contributed by atoms with Gasteiger partial charge in [0.05, 0.1) is 18.1 Å². The molecule has 0 atom stereocenters. The first-order valence-corrected chi connectivity index (χ1v) is 4.52. The fraction of sp³-hybridized carbons (Fsp3) is 0.300. The zero-order chi connectivity index (χ0) is 11.3. The fourth-order valence-corrected chi connectivity index (χ4v) is 1.13. The molecular weight excluding hydrogens is 196 g/mol. The van der Waals surface area contributed by atoms with E-state index in [1.165, 1.54) is 12.1 Å². The molecule has 0 aliphatic heterocycles. The zero-order valence-corrected chi connectivity index (χ0v) is 8.38. The van der Waals surface area contributed by atoms with Crippen LogP contribution in [0, 0.1) is 10.1 Å². The maximum absolute atomic E-state index is 10.4. The van der Waals surface area contributed by atoms with E-state index >= 15 is 0 Å². The third kappa shape index (κ3) is 3.14. The lowest BCUT2D eigenvalue weighted by Crippen LogP contribution is -1.98. The van der Waals surface area contributed by atoms with Crippen molar-refractivity contribution in [1.29, 1.82) is 0 Å². The Morgan fingerprint density at radius 1 is 1.47 bits per heavy atom. The first-order chi connectivity index (χ1) is 7.15. The summed E-state index contributed by atoms with van der Waals surface area (Å²) < 4.78 is 0. The summed E-state index contributed by atoms with van der Waals surface area (Å²) >= 11 is 0. The molecule has 0 saturated heterocycles. The molecule has 5 heteroatoms. The summed E-state index contributed by atoms with van der Waals surface area (Å²) in [6.45, 7) is 2.16. The highest BCUT2D eigenvalue weighted by molar-refractivity contribution is 5.98. The number of nitrogens with zero attached hydrogens (tertiary/aromatic N) is 2. The van der Waals surface area contributed by atoms with Crippen LogP contribution >= 0.6 is 0 Å². The Morgan fingerprint density at radius 2 is 2.07 bits per heavy atom. The van der Waals surface area contributed by atoms with Gasteiger partial charge in [-0.25, -0.2) is 0 Å². The average molecular weight is 208 g/mol. The molecule has 0 saturated carbocycles. The maximum Gasteiger partial charge on any atom is 0.269 e. The smallest absolute Gasteiger partial charge is 0.269 e. The summed E-state index contributed by atoms with van der Waals surface area (Å²) in [6, 6.07) is 6.17. The Balaban J connectivity index is 2.84. The van der Waals surface area contributed by atoms with Gasteiger partial charge in [-0.05, 0) is 24.6 Å². The van der Waals surface area contributed by atoms with Gasteiger partial charge in [0, 0.05) is 17.8 Å². The molecule has 0 aliphatic carbocycles. The third-order valence-electron chi connectivity index (χ3n) is 1.94. The largest absolute Gasteiger partial charge is 0.394 e. The topological polar surface area (TPSA) is 75.7 Å². The highest BCUT2D eigenvalue weighted by Crippen LogP contribution is 2.12.